The molecule has 1 amide bonds. The van der Waals surface area contributed by atoms with E-state index in [1.807, 2.05) is 0 Å². The smallest absolute Gasteiger partial charge is 0.234 e. The van der Waals surface area contributed by atoms with Crippen molar-refractivity contribution >= 4 is 5.91 Å². The Hall–Kier alpha value is -0.610. The van der Waals surface area contributed by atoms with E-state index >= 15 is 0 Å². The molecule has 3 N–H and O–H groups in total. The first-order valence-electron chi connectivity index (χ1n) is 7.85. The summed E-state index contributed by atoms with van der Waals surface area (Å²) in [4.78, 5) is 11.8. The van der Waals surface area contributed by atoms with Crippen molar-refractivity contribution in [2.45, 2.75) is 63.8 Å². The van der Waals surface area contributed by atoms with Crippen molar-refractivity contribution in [3.63, 3.8) is 0 Å². The second-order valence-electron chi connectivity index (χ2n) is 6.37. The minimum atomic E-state index is 0.0197. The minimum absolute atomic E-state index is 0.0197. The van der Waals surface area contributed by atoms with Crippen molar-refractivity contribution in [3.8, 4) is 0 Å². The van der Waals surface area contributed by atoms with E-state index in [4.69, 9.17) is 0 Å². The molecule has 19 heavy (non-hydrogen) atoms. The van der Waals surface area contributed by atoms with Crippen LogP contribution in [0.3, 0.4) is 0 Å². The molecular formula is C15H28N2O2. The van der Waals surface area contributed by atoms with Gasteiger partial charge in [-0.15, -0.1) is 0 Å². The average molecular weight is 268 g/mol. The highest BCUT2D eigenvalue weighted by molar-refractivity contribution is 5.78. The summed E-state index contributed by atoms with van der Waals surface area (Å²) >= 11 is 0. The molecule has 0 bridgehead atoms. The van der Waals surface area contributed by atoms with E-state index in [0.717, 1.165) is 32.2 Å². The van der Waals surface area contributed by atoms with Gasteiger partial charge in [0, 0.05) is 24.6 Å². The van der Waals surface area contributed by atoms with Crippen LogP contribution in [0.1, 0.15) is 57.8 Å². The van der Waals surface area contributed by atoms with Gasteiger partial charge in [-0.25, -0.2) is 0 Å². The Balaban J connectivity index is 1.65. The summed E-state index contributed by atoms with van der Waals surface area (Å²) in [6.45, 7) is 1.39. The summed E-state index contributed by atoms with van der Waals surface area (Å²) in [5.41, 5.74) is 0.0197. The van der Waals surface area contributed by atoms with Crippen LogP contribution in [-0.2, 0) is 4.79 Å². The number of hydrogen-bond acceptors (Lipinski definition) is 3. The van der Waals surface area contributed by atoms with E-state index in [1.54, 1.807) is 0 Å². The number of nitrogens with one attached hydrogen (secondary N) is 2. The molecule has 0 heterocycles. The van der Waals surface area contributed by atoms with E-state index < -0.39 is 0 Å². The SMILES string of the molecule is O=C(CNCC1(CO)CCCCC1)NC1CCCC1. The van der Waals surface area contributed by atoms with Crippen LogP contribution in [0.4, 0.5) is 0 Å². The molecule has 2 rings (SSSR count). The van der Waals surface area contributed by atoms with Gasteiger partial charge in [0.05, 0.1) is 6.54 Å². The fourth-order valence-corrected chi connectivity index (χ4v) is 3.48. The molecule has 0 atom stereocenters. The molecule has 0 spiro atoms. The predicted octanol–water partition coefficient (Wildman–Crippen LogP) is 1.58. The second-order valence-corrected chi connectivity index (χ2v) is 6.37. The highest BCUT2D eigenvalue weighted by Gasteiger charge is 2.31. The van der Waals surface area contributed by atoms with Gasteiger partial charge in [-0.05, 0) is 25.7 Å². The molecule has 0 aromatic carbocycles. The van der Waals surface area contributed by atoms with Crippen molar-refractivity contribution < 1.29 is 9.90 Å². The third-order valence-electron chi connectivity index (χ3n) is 4.76. The Morgan fingerprint density at radius 3 is 2.42 bits per heavy atom. The fourth-order valence-electron chi connectivity index (χ4n) is 3.48. The third-order valence-corrected chi connectivity index (χ3v) is 4.76. The molecule has 4 heteroatoms. The highest BCUT2D eigenvalue weighted by atomic mass is 16.3. The summed E-state index contributed by atoms with van der Waals surface area (Å²) in [7, 11) is 0. The largest absolute Gasteiger partial charge is 0.396 e. The minimum Gasteiger partial charge on any atom is -0.396 e. The zero-order chi connectivity index (χ0) is 13.6. The Bertz CT molecular complexity index is 282. The van der Waals surface area contributed by atoms with E-state index in [2.05, 4.69) is 10.6 Å². The fraction of sp³-hybridized carbons (Fsp3) is 0.933. The van der Waals surface area contributed by atoms with Crippen LogP contribution in [0.15, 0.2) is 0 Å². The van der Waals surface area contributed by atoms with Gasteiger partial charge < -0.3 is 15.7 Å². The number of carbonyl (C=O) groups excluding carboxylic acids is 1. The van der Waals surface area contributed by atoms with Gasteiger partial charge in [0.25, 0.3) is 0 Å². The molecule has 4 nitrogen and oxygen atoms in total. The third kappa shape index (κ3) is 4.46. The van der Waals surface area contributed by atoms with Crippen molar-refractivity contribution in [2.24, 2.45) is 5.41 Å². The maximum Gasteiger partial charge on any atom is 0.234 e. The quantitative estimate of drug-likeness (QED) is 0.685. The predicted molar refractivity (Wildman–Crippen MR) is 75.9 cm³/mol. The molecular weight excluding hydrogens is 240 g/mol. The second kappa shape index (κ2) is 7.25. The van der Waals surface area contributed by atoms with Crippen LogP contribution in [0, 0.1) is 5.41 Å². The molecule has 2 fully saturated rings. The van der Waals surface area contributed by atoms with Crippen LogP contribution >= 0.6 is 0 Å². The van der Waals surface area contributed by atoms with Crippen LogP contribution in [0.2, 0.25) is 0 Å². The lowest BCUT2D eigenvalue weighted by atomic mass is 9.74. The van der Waals surface area contributed by atoms with E-state index in [0.29, 0.717) is 12.6 Å². The monoisotopic (exact) mass is 268 g/mol. The van der Waals surface area contributed by atoms with Crippen LogP contribution in [-0.4, -0.2) is 36.8 Å². The maximum absolute atomic E-state index is 11.8. The molecule has 2 saturated carbocycles. The Kier molecular flexibility index (Phi) is 5.64. The first-order chi connectivity index (χ1) is 9.24. The number of amides is 1. The molecule has 0 aromatic heterocycles. The van der Waals surface area contributed by atoms with Gasteiger partial charge in [0.1, 0.15) is 0 Å². The molecule has 0 saturated heterocycles. The number of aliphatic hydroxyl groups is 1. The van der Waals surface area contributed by atoms with Gasteiger partial charge in [0.2, 0.25) is 5.91 Å². The van der Waals surface area contributed by atoms with Gasteiger partial charge in [-0.2, -0.15) is 0 Å². The maximum atomic E-state index is 11.8. The topological polar surface area (TPSA) is 61.4 Å². The van der Waals surface area contributed by atoms with Crippen LogP contribution in [0.25, 0.3) is 0 Å². The Labute approximate surface area is 116 Å². The lowest BCUT2D eigenvalue weighted by Gasteiger charge is -2.35. The lowest BCUT2D eigenvalue weighted by Crippen LogP contribution is -2.44. The van der Waals surface area contributed by atoms with Gasteiger partial charge in [0.15, 0.2) is 0 Å². The Morgan fingerprint density at radius 2 is 1.79 bits per heavy atom. The van der Waals surface area contributed by atoms with E-state index in [1.165, 1.54) is 32.1 Å². The number of hydrogen-bond donors (Lipinski definition) is 3. The Morgan fingerprint density at radius 1 is 1.11 bits per heavy atom. The first kappa shape index (κ1) is 14.8. The molecule has 0 aliphatic heterocycles. The van der Waals surface area contributed by atoms with Gasteiger partial charge in [-0.1, -0.05) is 32.1 Å². The summed E-state index contributed by atoms with van der Waals surface area (Å²) < 4.78 is 0. The standard InChI is InChI=1S/C15H28N2O2/c18-12-15(8-4-1-5-9-15)11-16-10-14(19)17-13-6-2-3-7-13/h13,16,18H,1-12H2,(H,17,19). The van der Waals surface area contributed by atoms with Crippen molar-refractivity contribution in [2.75, 3.05) is 19.7 Å². The van der Waals surface area contributed by atoms with Gasteiger partial charge >= 0.3 is 0 Å². The van der Waals surface area contributed by atoms with E-state index in [9.17, 15) is 9.90 Å². The molecule has 0 aromatic rings. The van der Waals surface area contributed by atoms with Crippen LogP contribution in [0.5, 0.6) is 0 Å². The average Bonchev–Trinajstić information content (AvgIpc) is 2.92. The number of carbonyl (C=O) groups is 1. The van der Waals surface area contributed by atoms with Gasteiger partial charge in [-0.3, -0.25) is 4.79 Å². The first-order valence-corrected chi connectivity index (χ1v) is 7.85. The molecule has 0 unspecified atom stereocenters. The highest BCUT2D eigenvalue weighted by Crippen LogP contribution is 2.35. The molecule has 2 aliphatic rings. The summed E-state index contributed by atoms with van der Waals surface area (Å²) in [6.07, 6.45) is 10.6. The van der Waals surface area contributed by atoms with Crippen molar-refractivity contribution in [1.29, 1.82) is 0 Å². The zero-order valence-electron chi connectivity index (χ0n) is 11.9. The normalized spacial score (nSPS) is 23.4. The van der Waals surface area contributed by atoms with E-state index in [-0.39, 0.29) is 17.9 Å². The molecule has 110 valence electrons. The van der Waals surface area contributed by atoms with Crippen LogP contribution < -0.4 is 10.6 Å². The summed E-state index contributed by atoms with van der Waals surface area (Å²) in [5, 5.41) is 15.9. The van der Waals surface area contributed by atoms with Crippen molar-refractivity contribution in [1.82, 2.24) is 10.6 Å². The number of rotatable bonds is 6. The summed E-state index contributed by atoms with van der Waals surface area (Å²) in [5.74, 6) is 0.107. The molecule has 2 aliphatic carbocycles. The zero-order valence-corrected chi connectivity index (χ0v) is 11.9. The van der Waals surface area contributed by atoms with Crippen molar-refractivity contribution in [3.05, 3.63) is 0 Å². The lowest BCUT2D eigenvalue weighted by molar-refractivity contribution is -0.121. The number of aliphatic hydroxyl groups excluding tert-OH is 1. The molecule has 0 radical (unpaired) electrons. The summed E-state index contributed by atoms with van der Waals surface area (Å²) in [6, 6.07) is 0.399.